The second-order valence-electron chi connectivity index (χ2n) is 2.85. The van der Waals surface area contributed by atoms with Gasteiger partial charge in [-0.1, -0.05) is 44.2 Å². The number of hydrogen-bond acceptors (Lipinski definition) is 2. The molecule has 0 aliphatic carbocycles. The molecule has 0 bridgehead atoms. The molecule has 1 aromatic carbocycles. The van der Waals surface area contributed by atoms with E-state index in [0.29, 0.717) is 19.4 Å². The number of benzene rings is 1. The maximum absolute atomic E-state index is 11.1. The first kappa shape index (κ1) is 14.2. The minimum atomic E-state index is -0.244. The van der Waals surface area contributed by atoms with Crippen LogP contribution in [-0.4, -0.2) is 5.97 Å². The van der Waals surface area contributed by atoms with E-state index < -0.39 is 0 Å². The summed E-state index contributed by atoms with van der Waals surface area (Å²) >= 11 is 0. The smallest absolute Gasteiger partial charge is 0.307 e. The van der Waals surface area contributed by atoms with Gasteiger partial charge in [-0.2, -0.15) is 0 Å². The number of ether oxygens (including phenoxy) is 1. The van der Waals surface area contributed by atoms with E-state index in [4.69, 9.17) is 11.2 Å². The maximum Gasteiger partial charge on any atom is 0.307 e. The van der Waals surface area contributed by atoms with E-state index in [-0.39, 0.29) is 5.97 Å². The van der Waals surface area contributed by atoms with E-state index in [0.717, 1.165) is 5.56 Å². The largest absolute Gasteiger partial charge is 0.461 e. The maximum atomic E-state index is 11.1. The monoisotopic (exact) mass is 218 g/mol. The molecule has 0 heterocycles. The molecule has 0 unspecified atom stereocenters. The van der Waals surface area contributed by atoms with Crippen molar-refractivity contribution in [3.63, 3.8) is 0 Å². The fourth-order valence-electron chi connectivity index (χ4n) is 0.984. The lowest BCUT2D eigenvalue weighted by molar-refractivity contribution is -0.144. The Labute approximate surface area is 97.6 Å². The zero-order chi connectivity index (χ0) is 12.2. The molecule has 0 saturated carbocycles. The van der Waals surface area contributed by atoms with Crippen LogP contribution in [0, 0.1) is 12.3 Å². The Balaban J connectivity index is 0.00000106. The highest BCUT2D eigenvalue weighted by Gasteiger charge is 2.00. The SMILES string of the molecule is C#CCCC(=O)OCc1ccccc1.CC. The Kier molecular flexibility index (Phi) is 8.72. The molecule has 1 aromatic rings. The number of hydrogen-bond donors (Lipinski definition) is 0. The second-order valence-corrected chi connectivity index (χ2v) is 2.85. The van der Waals surface area contributed by atoms with Crippen LogP contribution in [0.3, 0.4) is 0 Å². The van der Waals surface area contributed by atoms with Crippen LogP contribution in [0.4, 0.5) is 0 Å². The van der Waals surface area contributed by atoms with Crippen molar-refractivity contribution in [2.24, 2.45) is 0 Å². The van der Waals surface area contributed by atoms with Crippen LogP contribution in [0.25, 0.3) is 0 Å². The van der Waals surface area contributed by atoms with Gasteiger partial charge in [-0.25, -0.2) is 0 Å². The van der Waals surface area contributed by atoms with Crippen molar-refractivity contribution in [2.75, 3.05) is 0 Å². The zero-order valence-electron chi connectivity index (χ0n) is 9.90. The molecule has 0 aliphatic heterocycles. The van der Waals surface area contributed by atoms with Gasteiger partial charge in [0.15, 0.2) is 0 Å². The highest BCUT2D eigenvalue weighted by molar-refractivity contribution is 5.69. The molecule has 1 rings (SSSR count). The Morgan fingerprint density at radius 2 is 1.94 bits per heavy atom. The van der Waals surface area contributed by atoms with E-state index in [1.165, 1.54) is 0 Å². The number of esters is 1. The Morgan fingerprint density at radius 1 is 1.31 bits per heavy atom. The van der Waals surface area contributed by atoms with Crippen LogP contribution < -0.4 is 0 Å². The summed E-state index contributed by atoms with van der Waals surface area (Å²) in [5.41, 5.74) is 0.988. The summed E-state index contributed by atoms with van der Waals surface area (Å²) < 4.78 is 5.00. The number of terminal acetylenes is 1. The number of carbonyl (C=O) groups excluding carboxylic acids is 1. The van der Waals surface area contributed by atoms with E-state index in [2.05, 4.69) is 5.92 Å². The van der Waals surface area contributed by atoms with E-state index in [1.54, 1.807) is 0 Å². The van der Waals surface area contributed by atoms with Gasteiger partial charge in [0.05, 0.1) is 6.42 Å². The van der Waals surface area contributed by atoms with Gasteiger partial charge in [-0.3, -0.25) is 4.79 Å². The summed E-state index contributed by atoms with van der Waals surface area (Å²) in [5.74, 6) is 2.15. The van der Waals surface area contributed by atoms with Gasteiger partial charge < -0.3 is 4.74 Å². The summed E-state index contributed by atoms with van der Waals surface area (Å²) in [7, 11) is 0. The summed E-state index contributed by atoms with van der Waals surface area (Å²) in [6.07, 6.45) is 5.76. The molecule has 2 nitrogen and oxygen atoms in total. The van der Waals surface area contributed by atoms with Crippen LogP contribution in [0.15, 0.2) is 30.3 Å². The molecule has 0 N–H and O–H groups in total. The molecule has 0 spiro atoms. The van der Waals surface area contributed by atoms with Crippen LogP contribution >= 0.6 is 0 Å². The average molecular weight is 218 g/mol. The first-order valence-electron chi connectivity index (χ1n) is 5.46. The second kappa shape index (κ2) is 9.79. The third-order valence-electron chi connectivity index (χ3n) is 1.72. The lowest BCUT2D eigenvalue weighted by Gasteiger charge is -2.02. The lowest BCUT2D eigenvalue weighted by atomic mass is 10.2. The molecular weight excluding hydrogens is 200 g/mol. The fraction of sp³-hybridized carbons (Fsp3) is 0.357. The van der Waals surface area contributed by atoms with Crippen molar-refractivity contribution in [3.05, 3.63) is 35.9 Å². The predicted octanol–water partition coefficient (Wildman–Crippen LogP) is 3.17. The standard InChI is InChI=1S/C12H12O2.C2H6/c1-2-3-9-12(13)14-10-11-7-5-4-6-8-11;1-2/h1,4-8H,3,9-10H2;1-2H3. The molecule has 86 valence electrons. The van der Waals surface area contributed by atoms with Crippen molar-refractivity contribution < 1.29 is 9.53 Å². The third kappa shape index (κ3) is 6.67. The van der Waals surface area contributed by atoms with Crippen molar-refractivity contribution in [2.45, 2.75) is 33.3 Å². The van der Waals surface area contributed by atoms with Gasteiger partial charge in [-0.05, 0) is 5.56 Å². The van der Waals surface area contributed by atoms with Gasteiger partial charge in [0.1, 0.15) is 6.61 Å². The molecule has 0 saturated heterocycles. The molecular formula is C14H18O2. The normalized spacial score (nSPS) is 8.31. The summed E-state index contributed by atoms with van der Waals surface area (Å²) in [6.45, 7) is 4.32. The molecule has 0 aliphatic rings. The molecule has 0 radical (unpaired) electrons. The molecule has 0 atom stereocenters. The van der Waals surface area contributed by atoms with E-state index >= 15 is 0 Å². The molecule has 0 aromatic heterocycles. The minimum absolute atomic E-state index is 0.244. The van der Waals surface area contributed by atoms with Gasteiger partial charge in [0.25, 0.3) is 0 Å². The van der Waals surface area contributed by atoms with Crippen LogP contribution in [0.5, 0.6) is 0 Å². The van der Waals surface area contributed by atoms with Gasteiger partial charge >= 0.3 is 5.97 Å². The Hall–Kier alpha value is -1.75. The molecule has 0 fully saturated rings. The highest BCUT2D eigenvalue weighted by atomic mass is 16.5. The first-order valence-corrected chi connectivity index (χ1v) is 5.46. The zero-order valence-corrected chi connectivity index (χ0v) is 9.90. The van der Waals surface area contributed by atoms with Gasteiger partial charge in [0, 0.05) is 6.42 Å². The van der Waals surface area contributed by atoms with Crippen LogP contribution in [0.2, 0.25) is 0 Å². The van der Waals surface area contributed by atoms with E-state index in [9.17, 15) is 4.79 Å². The van der Waals surface area contributed by atoms with Gasteiger partial charge in [0.2, 0.25) is 0 Å². The summed E-state index contributed by atoms with van der Waals surface area (Å²) in [6, 6.07) is 9.56. The number of rotatable bonds is 4. The average Bonchev–Trinajstić information content (AvgIpc) is 2.37. The van der Waals surface area contributed by atoms with Gasteiger partial charge in [-0.15, -0.1) is 12.3 Å². The number of carbonyl (C=O) groups is 1. The van der Waals surface area contributed by atoms with Crippen molar-refractivity contribution >= 4 is 5.97 Å². The molecule has 2 heteroatoms. The Bertz CT molecular complexity index is 322. The quantitative estimate of drug-likeness (QED) is 0.573. The van der Waals surface area contributed by atoms with Crippen LogP contribution in [0.1, 0.15) is 32.3 Å². The highest BCUT2D eigenvalue weighted by Crippen LogP contribution is 2.02. The van der Waals surface area contributed by atoms with Crippen molar-refractivity contribution in [1.29, 1.82) is 0 Å². The van der Waals surface area contributed by atoms with Crippen molar-refractivity contribution in [1.82, 2.24) is 0 Å². The third-order valence-corrected chi connectivity index (χ3v) is 1.72. The van der Waals surface area contributed by atoms with E-state index in [1.807, 2.05) is 44.2 Å². The topological polar surface area (TPSA) is 26.3 Å². The molecule has 16 heavy (non-hydrogen) atoms. The molecule has 0 amide bonds. The lowest BCUT2D eigenvalue weighted by Crippen LogP contribution is -2.03. The van der Waals surface area contributed by atoms with Crippen LogP contribution in [-0.2, 0) is 16.1 Å². The fourth-order valence-corrected chi connectivity index (χ4v) is 0.984. The minimum Gasteiger partial charge on any atom is -0.461 e. The summed E-state index contributed by atoms with van der Waals surface area (Å²) in [4.78, 5) is 11.1. The van der Waals surface area contributed by atoms with Crippen molar-refractivity contribution in [3.8, 4) is 12.3 Å². The Morgan fingerprint density at radius 3 is 2.50 bits per heavy atom. The first-order chi connectivity index (χ1) is 7.83. The predicted molar refractivity (Wildman–Crippen MR) is 65.7 cm³/mol. The summed E-state index contributed by atoms with van der Waals surface area (Å²) in [5, 5.41) is 0.